The molecule has 30 heteroatoms. The summed E-state index contributed by atoms with van der Waals surface area (Å²) in [5, 5.41) is 29.1. The Labute approximate surface area is 418 Å². The molecule has 0 bridgehead atoms. The van der Waals surface area contributed by atoms with Crippen LogP contribution < -0.4 is 48.3 Å². The van der Waals surface area contributed by atoms with Crippen LogP contribution in [0.3, 0.4) is 0 Å². The van der Waals surface area contributed by atoms with Gasteiger partial charge in [0.15, 0.2) is 0 Å². The number of rotatable bonds is 16. The number of aliphatic hydroxyl groups excluding tert-OH is 1. The molecule has 1 aliphatic heterocycles. The number of esters is 2. The van der Waals surface area contributed by atoms with E-state index in [0.717, 1.165) is 56.5 Å². The number of likely N-dealkylation sites (N-methyl/N-ethyl adjacent to an activating group) is 1. The second-order valence-corrected chi connectivity index (χ2v) is 17.7. The van der Waals surface area contributed by atoms with Gasteiger partial charge in [0.05, 0.1) is 30.6 Å². The summed E-state index contributed by atoms with van der Waals surface area (Å²) in [4.78, 5) is 162. The van der Waals surface area contributed by atoms with Gasteiger partial charge >= 0.3 is 24.0 Å². The molecule has 0 spiro atoms. The fraction of sp³-hybridized carbons (Fsp3) is 0.535. The zero-order chi connectivity index (χ0) is 55.1. The van der Waals surface area contributed by atoms with E-state index in [1.807, 2.05) is 0 Å². The number of nitrogens with two attached hydrogens (primary N) is 1. The molecule has 0 saturated carbocycles. The highest BCUT2D eigenvalue weighted by Crippen LogP contribution is 2.34. The minimum absolute atomic E-state index is 0.00248. The number of carbonyl (C=O) groups is 12. The monoisotopic (exact) mass is 1060 g/mol. The fourth-order valence-corrected chi connectivity index (χ4v) is 8.18. The summed E-state index contributed by atoms with van der Waals surface area (Å²) >= 11 is 0.742. The van der Waals surface area contributed by atoms with Crippen molar-refractivity contribution in [2.24, 2.45) is 11.7 Å². The van der Waals surface area contributed by atoms with Crippen molar-refractivity contribution in [3.05, 3.63) is 23.8 Å². The first-order valence-electron chi connectivity index (χ1n) is 22.2. The number of aromatic amines is 1. The van der Waals surface area contributed by atoms with E-state index >= 15 is 0 Å². The van der Waals surface area contributed by atoms with Crippen LogP contribution in [0.1, 0.15) is 53.5 Å². The van der Waals surface area contributed by atoms with Gasteiger partial charge in [0.1, 0.15) is 42.9 Å². The van der Waals surface area contributed by atoms with Crippen molar-refractivity contribution >= 4 is 99.4 Å². The maximum Gasteiger partial charge on any atom is 0.471 e. The highest BCUT2D eigenvalue weighted by atomic mass is 32.2. The Hall–Kier alpha value is -7.50. The molecule has 0 fully saturated rings. The molecule has 26 nitrogen and oxygen atoms in total. The number of nitrogens with one attached hydrogen (secondary N) is 9. The number of ether oxygens (including phenoxy) is 2. The third-order valence-corrected chi connectivity index (χ3v) is 11.9. The molecule has 0 saturated heterocycles. The summed E-state index contributed by atoms with van der Waals surface area (Å²) in [5.41, 5.74) is 5.22. The van der Waals surface area contributed by atoms with Gasteiger partial charge in [-0.15, -0.1) is 11.8 Å². The summed E-state index contributed by atoms with van der Waals surface area (Å²) in [6, 6.07) is -5.53. The number of anilines is 1. The predicted molar refractivity (Wildman–Crippen MR) is 249 cm³/mol. The molecule has 1 aromatic carbocycles. The van der Waals surface area contributed by atoms with Crippen molar-refractivity contribution in [1.29, 1.82) is 0 Å². The van der Waals surface area contributed by atoms with Crippen molar-refractivity contribution < 1.29 is 85.3 Å². The molecule has 10 amide bonds. The lowest BCUT2D eigenvalue weighted by Crippen LogP contribution is -2.63. The first-order chi connectivity index (χ1) is 34.0. The van der Waals surface area contributed by atoms with E-state index in [-0.39, 0.29) is 27.2 Å². The van der Waals surface area contributed by atoms with Crippen molar-refractivity contribution in [1.82, 2.24) is 47.1 Å². The molecule has 1 aliphatic rings. The number of H-pyrrole nitrogens is 1. The molecule has 8 atom stereocenters. The van der Waals surface area contributed by atoms with Crippen molar-refractivity contribution in [3.63, 3.8) is 0 Å². The van der Waals surface area contributed by atoms with Crippen LogP contribution in [0.15, 0.2) is 23.2 Å². The Morgan fingerprint density at radius 1 is 0.918 bits per heavy atom. The maximum atomic E-state index is 14.8. The molecule has 1 aromatic heterocycles. The molecule has 402 valence electrons. The second kappa shape index (κ2) is 26.8. The SMILES string of the molecule is CNC(=O)CNC(=O)C1Cc2c([nH]c3cc(NC(=O)C(F)(F)F)ccc23)SCC(NC(=O)CNC(C)=O)C(=O)NC(CC(N)=O)C(=O)N(C[C@@H](C)O)[C@@H](C)C(=O)N[C@@H]([C@@H](C)[C@H](COC(C)=O)OC(C)=O)C(=O)N1. The molecule has 12 N–H and O–H groups in total. The van der Waals surface area contributed by atoms with Gasteiger partial charge in [0.2, 0.25) is 53.2 Å². The number of alkyl halides is 3. The Balaban J connectivity index is 2.44. The summed E-state index contributed by atoms with van der Waals surface area (Å²) < 4.78 is 50.4. The molecule has 0 radical (unpaired) electrons. The zero-order valence-electron chi connectivity index (χ0n) is 40.5. The normalized spacial score (nSPS) is 20.4. The number of primary amides is 1. The van der Waals surface area contributed by atoms with Crippen LogP contribution >= 0.6 is 11.8 Å². The van der Waals surface area contributed by atoms with Crippen molar-refractivity contribution in [2.75, 3.05) is 44.4 Å². The van der Waals surface area contributed by atoms with Gasteiger partial charge in [-0.1, -0.05) is 13.0 Å². The van der Waals surface area contributed by atoms with Gasteiger partial charge in [-0.05, 0) is 31.5 Å². The van der Waals surface area contributed by atoms with Crippen LogP contribution in [0, 0.1) is 5.92 Å². The second-order valence-electron chi connectivity index (χ2n) is 16.7. The van der Waals surface area contributed by atoms with E-state index < -0.39 is 170 Å². The van der Waals surface area contributed by atoms with Gasteiger partial charge in [-0.3, -0.25) is 57.5 Å². The first-order valence-corrected chi connectivity index (χ1v) is 23.2. The number of aliphatic hydroxyl groups is 1. The summed E-state index contributed by atoms with van der Waals surface area (Å²) in [7, 11) is 1.27. The summed E-state index contributed by atoms with van der Waals surface area (Å²) in [6.45, 7) is 4.17. The Bertz CT molecular complexity index is 2450. The van der Waals surface area contributed by atoms with E-state index in [0.29, 0.717) is 0 Å². The van der Waals surface area contributed by atoms with Gasteiger partial charge in [-0.2, -0.15) is 13.2 Å². The number of thioether (sulfide) groups is 1. The molecular formula is C43H58F3N11O15S. The highest BCUT2D eigenvalue weighted by molar-refractivity contribution is 7.99. The number of halogens is 3. The van der Waals surface area contributed by atoms with Crippen LogP contribution in [0.25, 0.3) is 10.9 Å². The molecule has 2 heterocycles. The van der Waals surface area contributed by atoms with Crippen LogP contribution in [0.5, 0.6) is 0 Å². The topological polar surface area (TPSA) is 385 Å². The number of hydrogen-bond acceptors (Lipinski definition) is 16. The lowest BCUT2D eigenvalue weighted by atomic mass is 9.93. The van der Waals surface area contributed by atoms with Crippen LogP contribution in [0.2, 0.25) is 0 Å². The van der Waals surface area contributed by atoms with E-state index in [4.69, 9.17) is 15.2 Å². The third kappa shape index (κ3) is 18.2. The smallest absolute Gasteiger partial charge is 0.462 e. The Morgan fingerprint density at radius 2 is 1.58 bits per heavy atom. The Kier molecular flexibility index (Phi) is 22.0. The molecule has 3 rings (SSSR count). The number of carbonyl (C=O) groups excluding carboxylic acids is 12. The molecule has 73 heavy (non-hydrogen) atoms. The van der Waals surface area contributed by atoms with Crippen LogP contribution in [0.4, 0.5) is 18.9 Å². The average molecular weight is 1060 g/mol. The quantitative estimate of drug-likeness (QED) is 0.0740. The van der Waals surface area contributed by atoms with E-state index in [1.54, 1.807) is 5.32 Å². The number of fused-ring (bicyclic) bond motifs is 3. The molecule has 3 unspecified atom stereocenters. The highest BCUT2D eigenvalue weighted by Gasteiger charge is 2.42. The number of nitrogens with zero attached hydrogens (tertiary/aromatic N) is 1. The van der Waals surface area contributed by atoms with Crippen LogP contribution in [-0.4, -0.2) is 174 Å². The van der Waals surface area contributed by atoms with Gasteiger partial charge in [0.25, 0.3) is 0 Å². The summed E-state index contributed by atoms with van der Waals surface area (Å²) in [5.74, 6) is -15.1. The molecule has 0 aliphatic carbocycles. The minimum Gasteiger partial charge on any atom is -0.462 e. The van der Waals surface area contributed by atoms with E-state index in [1.165, 1.54) is 27.0 Å². The Morgan fingerprint density at radius 3 is 2.15 bits per heavy atom. The fourth-order valence-electron chi connectivity index (χ4n) is 7.06. The standard InChI is InChI=1S/C43H58F3N11O15S/c1-18(58)15-57-20(3)36(65)56-35(19(2)31(72-23(6)61)16-71-22(5)60)39(68)53-28(37(66)50-13-33(63)48-7)11-26-25-9-8-24(51-42(70)43(44,45)46)10-27(25)55-40(26)73-17-30(52-34(64)14-49-21(4)59)38(67)54-29(41(57)69)12-32(47)62/h8-10,18-20,28-31,35,55,58H,11-17H2,1-7H3,(H2,47,62)(H,48,63)(H,49,59)(H,50,66)(H,51,70)(H,52,64)(H,53,68)(H,54,67)(H,56,65)/t18-,19+,20+,28?,29?,30?,31+,35+/m1/s1. The van der Waals surface area contributed by atoms with Crippen molar-refractivity contribution in [3.8, 4) is 0 Å². The lowest BCUT2D eigenvalue weighted by molar-refractivity contribution is -0.167. The number of aromatic nitrogens is 1. The summed E-state index contributed by atoms with van der Waals surface area (Å²) in [6.07, 6.45) is -9.68. The average Bonchev–Trinajstić information content (AvgIpc) is 3.64. The molecule has 2 aromatic rings. The van der Waals surface area contributed by atoms with Crippen molar-refractivity contribution in [2.45, 2.75) is 108 Å². The van der Waals surface area contributed by atoms with Gasteiger partial charge < -0.3 is 72.7 Å². The number of amides is 10. The lowest BCUT2D eigenvalue weighted by Gasteiger charge is -2.35. The van der Waals surface area contributed by atoms with E-state index in [2.05, 4.69) is 42.2 Å². The van der Waals surface area contributed by atoms with Gasteiger partial charge in [0, 0.05) is 69.0 Å². The number of hydrogen-bond donors (Lipinski definition) is 11. The predicted octanol–water partition coefficient (Wildman–Crippen LogP) is -3.14. The molecular weight excluding hydrogens is 1000 g/mol. The third-order valence-electron chi connectivity index (χ3n) is 10.7. The largest absolute Gasteiger partial charge is 0.471 e. The first kappa shape index (κ1) is 59.8. The van der Waals surface area contributed by atoms with Crippen LogP contribution in [-0.2, 0) is 73.4 Å². The minimum atomic E-state index is -5.30. The number of benzene rings is 1. The zero-order valence-corrected chi connectivity index (χ0v) is 41.3. The number of β-amino-alcohol motifs (C(OH)–C–C–N with tert-alkyl or cyclic N) is 1. The van der Waals surface area contributed by atoms with E-state index in [9.17, 15) is 75.8 Å². The maximum absolute atomic E-state index is 14.8. The van der Waals surface area contributed by atoms with Gasteiger partial charge in [-0.25, -0.2) is 0 Å².